The third-order valence-corrected chi connectivity index (χ3v) is 6.58. The molecule has 0 saturated carbocycles. The highest BCUT2D eigenvalue weighted by Gasteiger charge is 2.36. The van der Waals surface area contributed by atoms with Crippen LogP contribution in [0.3, 0.4) is 0 Å². The number of nitrogens with one attached hydrogen (secondary N) is 1. The van der Waals surface area contributed by atoms with Crippen molar-refractivity contribution in [1.29, 1.82) is 0 Å². The van der Waals surface area contributed by atoms with E-state index in [1.807, 2.05) is 43.3 Å². The molecule has 0 aromatic heterocycles. The number of amides is 2. The van der Waals surface area contributed by atoms with E-state index in [9.17, 15) is 19.5 Å². The molecule has 1 heterocycles. The largest absolute Gasteiger partial charge is 0.480 e. The quantitative estimate of drug-likeness (QED) is 0.660. The Hall–Kier alpha value is -3.35. The van der Waals surface area contributed by atoms with Gasteiger partial charge in [-0.3, -0.25) is 4.79 Å². The Bertz CT molecular complexity index is 991. The lowest BCUT2D eigenvalue weighted by molar-refractivity contribution is -0.153. The standard InChI is InChI=1S/C26H30N2O5/c1-2-9-22(24(29)28-15-8-7-14-23(28)25(30)31)27-26(32)33-16-21-19-12-5-3-10-17(19)18-11-4-6-13-20(18)21/h3-6,10-13,21-23H,2,7-9,14-16H2,1H3,(H,27,32)(H,30,31)/t22?,23-/m0/s1. The first-order valence-corrected chi connectivity index (χ1v) is 11.7. The Morgan fingerprint density at radius 1 is 1.06 bits per heavy atom. The van der Waals surface area contributed by atoms with Crippen LogP contribution in [0.15, 0.2) is 48.5 Å². The summed E-state index contributed by atoms with van der Waals surface area (Å²) in [6.07, 6.45) is 2.41. The molecule has 0 radical (unpaired) electrons. The summed E-state index contributed by atoms with van der Waals surface area (Å²) in [7, 11) is 0. The zero-order valence-electron chi connectivity index (χ0n) is 18.8. The Kier molecular flexibility index (Phi) is 6.96. The number of aliphatic carboxylic acids is 1. The molecule has 2 N–H and O–H groups in total. The van der Waals surface area contributed by atoms with Gasteiger partial charge in [-0.25, -0.2) is 9.59 Å². The van der Waals surface area contributed by atoms with Crippen LogP contribution in [0.1, 0.15) is 56.1 Å². The van der Waals surface area contributed by atoms with Gasteiger partial charge < -0.3 is 20.1 Å². The molecule has 1 fully saturated rings. The fourth-order valence-electron chi connectivity index (χ4n) is 4.98. The van der Waals surface area contributed by atoms with Crippen LogP contribution in [-0.4, -0.2) is 53.2 Å². The highest BCUT2D eigenvalue weighted by molar-refractivity contribution is 5.89. The summed E-state index contributed by atoms with van der Waals surface area (Å²) in [5.74, 6) is -1.42. The third-order valence-electron chi connectivity index (χ3n) is 6.58. The van der Waals surface area contributed by atoms with Crippen LogP contribution < -0.4 is 5.32 Å². The summed E-state index contributed by atoms with van der Waals surface area (Å²) in [4.78, 5) is 38.8. The van der Waals surface area contributed by atoms with Gasteiger partial charge in [0.1, 0.15) is 18.7 Å². The van der Waals surface area contributed by atoms with Crippen LogP contribution in [0, 0.1) is 0 Å². The molecule has 1 aliphatic carbocycles. The SMILES string of the molecule is CCCC(NC(=O)OCC1c2ccccc2-c2ccccc21)C(=O)N1CCCC[C@H]1C(=O)O. The van der Waals surface area contributed by atoms with Crippen LogP contribution in [0.2, 0.25) is 0 Å². The van der Waals surface area contributed by atoms with Gasteiger partial charge in [0.25, 0.3) is 0 Å². The second-order valence-corrected chi connectivity index (χ2v) is 8.69. The monoisotopic (exact) mass is 450 g/mol. The molecule has 7 heteroatoms. The van der Waals surface area contributed by atoms with Crippen LogP contribution in [-0.2, 0) is 14.3 Å². The Labute approximate surface area is 193 Å². The molecular formula is C26H30N2O5. The molecule has 1 saturated heterocycles. The normalized spacial score (nSPS) is 18.2. The number of nitrogens with zero attached hydrogens (tertiary/aromatic N) is 1. The number of carbonyl (C=O) groups excluding carboxylic acids is 2. The van der Waals surface area contributed by atoms with Crippen LogP contribution in [0.25, 0.3) is 11.1 Å². The summed E-state index contributed by atoms with van der Waals surface area (Å²) < 4.78 is 5.59. The Morgan fingerprint density at radius 2 is 1.70 bits per heavy atom. The molecular weight excluding hydrogens is 420 g/mol. The minimum absolute atomic E-state index is 0.0676. The number of hydrogen-bond acceptors (Lipinski definition) is 4. The van der Waals surface area contributed by atoms with Gasteiger partial charge in [-0.1, -0.05) is 61.9 Å². The van der Waals surface area contributed by atoms with Crippen molar-refractivity contribution in [2.75, 3.05) is 13.2 Å². The van der Waals surface area contributed by atoms with Gasteiger partial charge in [-0.2, -0.15) is 0 Å². The van der Waals surface area contributed by atoms with Gasteiger partial charge in [0.2, 0.25) is 5.91 Å². The molecule has 2 atom stereocenters. The number of carboxylic acids is 1. The number of likely N-dealkylation sites (tertiary alicyclic amines) is 1. The maximum absolute atomic E-state index is 13.1. The summed E-state index contributed by atoms with van der Waals surface area (Å²) in [6.45, 7) is 2.47. The number of carbonyl (C=O) groups is 3. The van der Waals surface area contributed by atoms with Crippen LogP contribution >= 0.6 is 0 Å². The van der Waals surface area contributed by atoms with E-state index in [2.05, 4.69) is 17.4 Å². The van der Waals surface area contributed by atoms with Gasteiger partial charge >= 0.3 is 12.1 Å². The van der Waals surface area contributed by atoms with Gasteiger partial charge in [0, 0.05) is 12.5 Å². The molecule has 0 bridgehead atoms. The van der Waals surface area contributed by atoms with Crippen LogP contribution in [0.5, 0.6) is 0 Å². The van der Waals surface area contributed by atoms with Gasteiger partial charge in [-0.05, 0) is 47.9 Å². The number of piperidine rings is 1. The lowest BCUT2D eigenvalue weighted by Crippen LogP contribution is -2.55. The van der Waals surface area contributed by atoms with Crippen molar-refractivity contribution in [2.24, 2.45) is 0 Å². The predicted molar refractivity (Wildman–Crippen MR) is 124 cm³/mol. The highest BCUT2D eigenvalue weighted by Crippen LogP contribution is 2.44. The van der Waals surface area contributed by atoms with E-state index < -0.39 is 24.1 Å². The highest BCUT2D eigenvalue weighted by atomic mass is 16.5. The number of ether oxygens (including phenoxy) is 1. The first kappa shape index (κ1) is 22.8. The summed E-state index contributed by atoms with van der Waals surface area (Å²) >= 11 is 0. The first-order chi connectivity index (χ1) is 16.0. The van der Waals surface area contributed by atoms with Crippen molar-refractivity contribution in [1.82, 2.24) is 10.2 Å². The number of carboxylic acid groups (broad SMARTS) is 1. The average molecular weight is 451 g/mol. The fraction of sp³-hybridized carbons (Fsp3) is 0.423. The van der Waals surface area contributed by atoms with E-state index in [0.29, 0.717) is 25.8 Å². The van der Waals surface area contributed by atoms with E-state index in [1.54, 1.807) is 0 Å². The second kappa shape index (κ2) is 10.1. The summed E-state index contributed by atoms with van der Waals surface area (Å²) in [5.41, 5.74) is 4.52. The fourth-order valence-corrected chi connectivity index (χ4v) is 4.98. The van der Waals surface area contributed by atoms with Crippen molar-refractivity contribution < 1.29 is 24.2 Å². The topological polar surface area (TPSA) is 95.9 Å². The molecule has 2 aliphatic rings. The maximum Gasteiger partial charge on any atom is 0.407 e. The van der Waals surface area contributed by atoms with Crippen LogP contribution in [0.4, 0.5) is 4.79 Å². The molecule has 2 amide bonds. The van der Waals surface area contributed by atoms with Crippen molar-refractivity contribution in [3.8, 4) is 11.1 Å². The van der Waals surface area contributed by atoms with Gasteiger partial charge in [0.15, 0.2) is 0 Å². The lowest BCUT2D eigenvalue weighted by Gasteiger charge is -2.35. The minimum atomic E-state index is -1.00. The molecule has 33 heavy (non-hydrogen) atoms. The molecule has 0 spiro atoms. The number of alkyl carbamates (subject to hydrolysis) is 1. The van der Waals surface area contributed by atoms with Crippen molar-refractivity contribution >= 4 is 18.0 Å². The second-order valence-electron chi connectivity index (χ2n) is 8.69. The van der Waals surface area contributed by atoms with Crippen molar-refractivity contribution in [2.45, 2.75) is 57.0 Å². The van der Waals surface area contributed by atoms with E-state index in [-0.39, 0.29) is 18.4 Å². The van der Waals surface area contributed by atoms with E-state index >= 15 is 0 Å². The first-order valence-electron chi connectivity index (χ1n) is 11.7. The molecule has 4 rings (SSSR count). The molecule has 2 aromatic rings. The number of rotatable bonds is 7. The van der Waals surface area contributed by atoms with Crippen molar-refractivity contribution in [3.05, 3.63) is 59.7 Å². The van der Waals surface area contributed by atoms with E-state index in [0.717, 1.165) is 35.1 Å². The summed E-state index contributed by atoms with van der Waals surface area (Å²) in [5, 5.41) is 12.2. The summed E-state index contributed by atoms with van der Waals surface area (Å²) in [6, 6.07) is 14.6. The molecule has 7 nitrogen and oxygen atoms in total. The average Bonchev–Trinajstić information content (AvgIpc) is 3.15. The predicted octanol–water partition coefficient (Wildman–Crippen LogP) is 4.16. The van der Waals surface area contributed by atoms with E-state index in [4.69, 9.17) is 4.74 Å². The lowest BCUT2D eigenvalue weighted by atomic mass is 9.98. The molecule has 1 aliphatic heterocycles. The van der Waals surface area contributed by atoms with Crippen molar-refractivity contribution in [3.63, 3.8) is 0 Å². The van der Waals surface area contributed by atoms with Gasteiger partial charge in [-0.15, -0.1) is 0 Å². The smallest absolute Gasteiger partial charge is 0.407 e. The zero-order chi connectivity index (χ0) is 23.4. The number of hydrogen-bond donors (Lipinski definition) is 2. The Morgan fingerprint density at radius 3 is 2.30 bits per heavy atom. The molecule has 174 valence electrons. The van der Waals surface area contributed by atoms with E-state index in [1.165, 1.54) is 4.90 Å². The number of benzene rings is 2. The molecule has 1 unspecified atom stereocenters. The number of fused-ring (bicyclic) bond motifs is 3. The minimum Gasteiger partial charge on any atom is -0.480 e. The maximum atomic E-state index is 13.1. The molecule has 2 aromatic carbocycles. The van der Waals surface area contributed by atoms with Gasteiger partial charge in [0.05, 0.1) is 0 Å². The third kappa shape index (κ3) is 4.72. The zero-order valence-corrected chi connectivity index (χ0v) is 18.8. The Balaban J connectivity index is 1.43.